The number of unbranched alkanes of at least 4 members (excludes halogenated alkanes) is 1. The number of hydrogen-bond acceptors (Lipinski definition) is 3. The van der Waals surface area contributed by atoms with Gasteiger partial charge in [-0.25, -0.2) is 4.79 Å². The molecule has 3 heteroatoms. The van der Waals surface area contributed by atoms with Gasteiger partial charge in [0.05, 0.1) is 7.11 Å². The van der Waals surface area contributed by atoms with E-state index in [-0.39, 0.29) is 5.97 Å². The Morgan fingerprint density at radius 3 is 2.81 bits per heavy atom. The lowest BCUT2D eigenvalue weighted by Gasteiger charge is -2.12. The molecule has 16 heavy (non-hydrogen) atoms. The van der Waals surface area contributed by atoms with Crippen molar-refractivity contribution in [3.05, 3.63) is 21.4 Å². The lowest BCUT2D eigenvalue weighted by atomic mass is 9.93. The van der Waals surface area contributed by atoms with Gasteiger partial charge in [-0.05, 0) is 35.8 Å². The molecule has 0 bridgehead atoms. The molecule has 0 aliphatic heterocycles. The fourth-order valence-electron chi connectivity index (χ4n) is 1.97. The van der Waals surface area contributed by atoms with Gasteiger partial charge in [-0.15, -0.1) is 11.3 Å². The van der Waals surface area contributed by atoms with Gasteiger partial charge in [0.15, 0.2) is 0 Å². The number of esters is 1. The SMILES string of the molecule is CCCCC(C)c1c(C)csc1C(=O)OC. The molecule has 0 amide bonds. The second-order valence-electron chi connectivity index (χ2n) is 4.20. The third-order valence-corrected chi connectivity index (χ3v) is 3.97. The van der Waals surface area contributed by atoms with Crippen LogP contribution in [-0.2, 0) is 4.74 Å². The average molecular weight is 240 g/mol. The first-order chi connectivity index (χ1) is 7.61. The lowest BCUT2D eigenvalue weighted by Crippen LogP contribution is -2.05. The molecule has 0 saturated heterocycles. The van der Waals surface area contributed by atoms with Crippen LogP contribution in [0.25, 0.3) is 0 Å². The third-order valence-electron chi connectivity index (χ3n) is 2.88. The molecule has 0 N–H and O–H groups in total. The monoisotopic (exact) mass is 240 g/mol. The summed E-state index contributed by atoms with van der Waals surface area (Å²) < 4.78 is 4.82. The molecule has 0 spiro atoms. The van der Waals surface area contributed by atoms with Crippen LogP contribution in [-0.4, -0.2) is 13.1 Å². The number of rotatable bonds is 5. The van der Waals surface area contributed by atoms with Crippen molar-refractivity contribution in [2.75, 3.05) is 7.11 Å². The van der Waals surface area contributed by atoms with E-state index in [1.807, 2.05) is 5.38 Å². The highest BCUT2D eigenvalue weighted by Gasteiger charge is 2.20. The summed E-state index contributed by atoms with van der Waals surface area (Å²) >= 11 is 1.50. The molecule has 1 unspecified atom stereocenters. The minimum atomic E-state index is -0.198. The van der Waals surface area contributed by atoms with Gasteiger partial charge in [0.1, 0.15) is 4.88 Å². The number of hydrogen-bond donors (Lipinski definition) is 0. The van der Waals surface area contributed by atoms with Gasteiger partial charge in [0.2, 0.25) is 0 Å². The average Bonchev–Trinajstić information content (AvgIpc) is 2.67. The van der Waals surface area contributed by atoms with E-state index in [2.05, 4.69) is 20.8 Å². The minimum Gasteiger partial charge on any atom is -0.465 e. The molecule has 1 aromatic heterocycles. The van der Waals surface area contributed by atoms with E-state index >= 15 is 0 Å². The lowest BCUT2D eigenvalue weighted by molar-refractivity contribution is 0.0604. The van der Waals surface area contributed by atoms with Gasteiger partial charge in [0.25, 0.3) is 0 Å². The zero-order valence-electron chi connectivity index (χ0n) is 10.5. The predicted octanol–water partition coefficient (Wildman–Crippen LogP) is 4.14. The van der Waals surface area contributed by atoms with E-state index in [1.54, 1.807) is 0 Å². The molecule has 0 saturated carbocycles. The second kappa shape index (κ2) is 6.04. The van der Waals surface area contributed by atoms with Crippen LogP contribution in [0.5, 0.6) is 0 Å². The van der Waals surface area contributed by atoms with Gasteiger partial charge >= 0.3 is 5.97 Å². The molecular weight excluding hydrogens is 220 g/mol. The van der Waals surface area contributed by atoms with Gasteiger partial charge in [-0.2, -0.15) is 0 Å². The predicted molar refractivity (Wildman–Crippen MR) is 68.3 cm³/mol. The van der Waals surface area contributed by atoms with Crippen LogP contribution in [0.15, 0.2) is 5.38 Å². The number of ether oxygens (including phenoxy) is 1. The van der Waals surface area contributed by atoms with Crippen molar-refractivity contribution < 1.29 is 9.53 Å². The number of carbonyl (C=O) groups is 1. The Balaban J connectivity index is 2.92. The van der Waals surface area contributed by atoms with Gasteiger partial charge < -0.3 is 4.74 Å². The molecule has 1 aromatic rings. The number of methoxy groups -OCH3 is 1. The molecule has 1 atom stereocenters. The minimum absolute atomic E-state index is 0.198. The van der Waals surface area contributed by atoms with Crippen molar-refractivity contribution in [1.29, 1.82) is 0 Å². The Kier molecular flexibility index (Phi) is 5.00. The fourth-order valence-corrected chi connectivity index (χ4v) is 3.06. The Bertz CT molecular complexity index is 355. The van der Waals surface area contributed by atoms with Crippen LogP contribution >= 0.6 is 11.3 Å². The van der Waals surface area contributed by atoms with Crippen LogP contribution < -0.4 is 0 Å². The van der Waals surface area contributed by atoms with Crippen LogP contribution in [0.1, 0.15) is 59.8 Å². The van der Waals surface area contributed by atoms with Crippen molar-refractivity contribution in [3.8, 4) is 0 Å². The molecule has 1 heterocycles. The first-order valence-corrected chi connectivity index (χ1v) is 6.66. The Labute approximate surface area is 102 Å². The van der Waals surface area contributed by atoms with Gasteiger partial charge in [0, 0.05) is 0 Å². The van der Waals surface area contributed by atoms with E-state index in [4.69, 9.17) is 4.74 Å². The van der Waals surface area contributed by atoms with E-state index in [0.717, 1.165) is 11.3 Å². The number of aryl methyl sites for hydroxylation is 1. The van der Waals surface area contributed by atoms with E-state index < -0.39 is 0 Å². The van der Waals surface area contributed by atoms with E-state index in [9.17, 15) is 4.79 Å². The van der Waals surface area contributed by atoms with Crippen LogP contribution in [0.3, 0.4) is 0 Å². The van der Waals surface area contributed by atoms with Crippen molar-refractivity contribution in [2.24, 2.45) is 0 Å². The summed E-state index contributed by atoms with van der Waals surface area (Å²) in [6.45, 7) is 6.45. The van der Waals surface area contributed by atoms with Crippen LogP contribution in [0, 0.1) is 6.92 Å². The van der Waals surface area contributed by atoms with Crippen molar-refractivity contribution in [2.45, 2.75) is 46.0 Å². The summed E-state index contributed by atoms with van der Waals surface area (Å²) in [6, 6.07) is 0. The zero-order chi connectivity index (χ0) is 12.1. The number of carbonyl (C=O) groups excluding carboxylic acids is 1. The molecule has 0 aliphatic rings. The first-order valence-electron chi connectivity index (χ1n) is 5.78. The summed E-state index contributed by atoms with van der Waals surface area (Å²) in [4.78, 5) is 12.4. The van der Waals surface area contributed by atoms with E-state index in [1.165, 1.54) is 42.4 Å². The Morgan fingerprint density at radius 1 is 1.56 bits per heavy atom. The molecule has 0 aliphatic carbocycles. The summed E-state index contributed by atoms with van der Waals surface area (Å²) in [7, 11) is 1.44. The molecule has 90 valence electrons. The van der Waals surface area contributed by atoms with Crippen molar-refractivity contribution >= 4 is 17.3 Å². The van der Waals surface area contributed by atoms with E-state index in [0.29, 0.717) is 5.92 Å². The first kappa shape index (κ1) is 13.2. The molecule has 0 fully saturated rings. The smallest absolute Gasteiger partial charge is 0.348 e. The normalized spacial score (nSPS) is 12.5. The molecule has 0 radical (unpaired) electrons. The quantitative estimate of drug-likeness (QED) is 0.723. The zero-order valence-corrected chi connectivity index (χ0v) is 11.3. The molecule has 2 nitrogen and oxygen atoms in total. The number of thiophene rings is 1. The maximum atomic E-state index is 11.6. The summed E-state index contributed by atoms with van der Waals surface area (Å²) in [6.07, 6.45) is 3.54. The standard InChI is InChI=1S/C13H20O2S/c1-5-6-7-9(2)11-10(3)8-16-12(11)13(14)15-4/h8-9H,5-7H2,1-4H3. The highest BCUT2D eigenvalue weighted by molar-refractivity contribution is 7.12. The highest BCUT2D eigenvalue weighted by atomic mass is 32.1. The topological polar surface area (TPSA) is 26.3 Å². The Hall–Kier alpha value is -0.830. The summed E-state index contributed by atoms with van der Waals surface area (Å²) in [5.41, 5.74) is 2.40. The van der Waals surface area contributed by atoms with Crippen LogP contribution in [0.2, 0.25) is 0 Å². The largest absolute Gasteiger partial charge is 0.465 e. The second-order valence-corrected chi connectivity index (χ2v) is 5.08. The summed E-state index contributed by atoms with van der Waals surface area (Å²) in [5, 5.41) is 2.05. The van der Waals surface area contributed by atoms with Gasteiger partial charge in [-0.3, -0.25) is 0 Å². The molecular formula is C13H20O2S. The maximum Gasteiger partial charge on any atom is 0.348 e. The van der Waals surface area contributed by atoms with Crippen LogP contribution in [0.4, 0.5) is 0 Å². The third kappa shape index (κ3) is 2.85. The molecule has 1 rings (SSSR count). The highest BCUT2D eigenvalue weighted by Crippen LogP contribution is 2.32. The van der Waals surface area contributed by atoms with Gasteiger partial charge in [-0.1, -0.05) is 26.7 Å². The van der Waals surface area contributed by atoms with Crippen molar-refractivity contribution in [3.63, 3.8) is 0 Å². The fraction of sp³-hybridized carbons (Fsp3) is 0.615. The maximum absolute atomic E-state index is 11.6. The summed E-state index contributed by atoms with van der Waals surface area (Å²) in [5.74, 6) is 0.247. The van der Waals surface area contributed by atoms with Crippen molar-refractivity contribution in [1.82, 2.24) is 0 Å². The Morgan fingerprint density at radius 2 is 2.25 bits per heavy atom. The molecule has 0 aromatic carbocycles.